The number of nitrogens with one attached hydrogen (secondary N) is 1. The highest BCUT2D eigenvalue weighted by Crippen LogP contribution is 2.35. The number of hydrogen-bond acceptors (Lipinski definition) is 1. The van der Waals surface area contributed by atoms with Crippen molar-refractivity contribution in [1.29, 1.82) is 0 Å². The van der Waals surface area contributed by atoms with Crippen molar-refractivity contribution in [3.63, 3.8) is 0 Å². The van der Waals surface area contributed by atoms with Crippen LogP contribution < -0.4 is 5.32 Å². The third-order valence-corrected chi connectivity index (χ3v) is 3.80. The third kappa shape index (κ3) is 3.61. The summed E-state index contributed by atoms with van der Waals surface area (Å²) in [4.78, 5) is 0. The molecule has 0 aliphatic heterocycles. The minimum Gasteiger partial charge on any atom is -0.311 e. The van der Waals surface area contributed by atoms with Gasteiger partial charge >= 0.3 is 0 Å². The summed E-state index contributed by atoms with van der Waals surface area (Å²) in [6.07, 6.45) is 8.09. The van der Waals surface area contributed by atoms with E-state index in [1.54, 1.807) is 0 Å². The first-order valence-corrected chi connectivity index (χ1v) is 6.33. The van der Waals surface area contributed by atoms with Crippen LogP contribution >= 0.6 is 0 Å². The van der Waals surface area contributed by atoms with E-state index >= 15 is 0 Å². The lowest BCUT2D eigenvalue weighted by Crippen LogP contribution is -2.41. The Labute approximate surface area is 89.7 Å². The zero-order valence-corrected chi connectivity index (χ0v) is 10.4. The van der Waals surface area contributed by atoms with Crippen molar-refractivity contribution in [1.82, 2.24) is 5.32 Å². The zero-order valence-electron chi connectivity index (χ0n) is 10.4. The van der Waals surface area contributed by atoms with Crippen LogP contribution in [0.4, 0.5) is 0 Å². The van der Waals surface area contributed by atoms with Gasteiger partial charge < -0.3 is 5.32 Å². The maximum absolute atomic E-state index is 3.79. The topological polar surface area (TPSA) is 12.0 Å². The van der Waals surface area contributed by atoms with Gasteiger partial charge in [-0.15, -0.1) is 0 Å². The number of rotatable bonds is 4. The summed E-state index contributed by atoms with van der Waals surface area (Å²) in [5, 5.41) is 3.79. The fraction of sp³-hybridized carbons (Fsp3) is 1.00. The van der Waals surface area contributed by atoms with Crippen molar-refractivity contribution >= 4 is 0 Å². The molecule has 1 aliphatic carbocycles. The molecule has 0 atom stereocenters. The molecule has 0 radical (unpaired) electrons. The minimum absolute atomic E-state index is 0.603. The summed E-state index contributed by atoms with van der Waals surface area (Å²) >= 11 is 0. The van der Waals surface area contributed by atoms with Crippen molar-refractivity contribution in [3.05, 3.63) is 0 Å². The molecular formula is C13H27N. The van der Waals surface area contributed by atoms with Crippen LogP contribution in [0.2, 0.25) is 0 Å². The second-order valence-electron chi connectivity index (χ2n) is 5.62. The van der Waals surface area contributed by atoms with E-state index in [0.29, 0.717) is 5.41 Å². The van der Waals surface area contributed by atoms with Gasteiger partial charge in [-0.3, -0.25) is 0 Å². The first-order valence-electron chi connectivity index (χ1n) is 6.33. The smallest absolute Gasteiger partial charge is 0.00700 e. The van der Waals surface area contributed by atoms with Crippen LogP contribution in [-0.4, -0.2) is 12.1 Å². The van der Waals surface area contributed by atoms with E-state index in [1.807, 2.05) is 0 Å². The average molecular weight is 197 g/mol. The van der Waals surface area contributed by atoms with E-state index in [1.165, 1.54) is 38.5 Å². The summed E-state index contributed by atoms with van der Waals surface area (Å²) in [6, 6.07) is 1.55. The van der Waals surface area contributed by atoms with Crippen LogP contribution in [0.15, 0.2) is 0 Å². The summed E-state index contributed by atoms with van der Waals surface area (Å²) in [7, 11) is 0. The van der Waals surface area contributed by atoms with Gasteiger partial charge in [0.1, 0.15) is 0 Å². The highest BCUT2D eigenvalue weighted by Gasteiger charge is 2.27. The molecule has 0 saturated heterocycles. The van der Waals surface area contributed by atoms with Gasteiger partial charge in [0.2, 0.25) is 0 Å². The maximum atomic E-state index is 3.79. The normalized spacial score (nSPS) is 22.9. The van der Waals surface area contributed by atoms with E-state index in [9.17, 15) is 0 Å². The molecule has 0 amide bonds. The predicted molar refractivity (Wildman–Crippen MR) is 63.5 cm³/mol. The van der Waals surface area contributed by atoms with Gasteiger partial charge in [0.05, 0.1) is 0 Å². The monoisotopic (exact) mass is 197 g/mol. The van der Waals surface area contributed by atoms with Crippen molar-refractivity contribution in [2.24, 2.45) is 5.41 Å². The van der Waals surface area contributed by atoms with Crippen LogP contribution in [0.3, 0.4) is 0 Å². The molecule has 0 aromatic carbocycles. The minimum atomic E-state index is 0.603. The Morgan fingerprint density at radius 3 is 2.07 bits per heavy atom. The summed E-state index contributed by atoms with van der Waals surface area (Å²) in [6.45, 7) is 9.38. The Hall–Kier alpha value is -0.0400. The highest BCUT2D eigenvalue weighted by molar-refractivity contribution is 4.83. The van der Waals surface area contributed by atoms with E-state index in [-0.39, 0.29) is 0 Å². The quantitative estimate of drug-likeness (QED) is 0.724. The first kappa shape index (κ1) is 12.0. The molecule has 1 saturated carbocycles. The summed E-state index contributed by atoms with van der Waals surface area (Å²) < 4.78 is 0. The van der Waals surface area contributed by atoms with Gasteiger partial charge in [-0.25, -0.2) is 0 Å². The molecule has 0 aromatic heterocycles. The van der Waals surface area contributed by atoms with Gasteiger partial charge in [0.25, 0.3) is 0 Å². The van der Waals surface area contributed by atoms with E-state index in [4.69, 9.17) is 0 Å². The third-order valence-electron chi connectivity index (χ3n) is 3.80. The summed E-state index contributed by atoms with van der Waals surface area (Å²) in [5.41, 5.74) is 0.603. The lowest BCUT2D eigenvalue weighted by atomic mass is 9.75. The maximum Gasteiger partial charge on any atom is 0.00700 e. The van der Waals surface area contributed by atoms with Crippen molar-refractivity contribution in [3.8, 4) is 0 Å². The van der Waals surface area contributed by atoms with Crippen LogP contribution in [0.25, 0.3) is 0 Å². The van der Waals surface area contributed by atoms with Crippen molar-refractivity contribution in [2.45, 2.75) is 78.3 Å². The molecule has 1 aliphatic rings. The van der Waals surface area contributed by atoms with Crippen LogP contribution in [-0.2, 0) is 0 Å². The van der Waals surface area contributed by atoms with Crippen LogP contribution in [0.1, 0.15) is 66.2 Å². The van der Waals surface area contributed by atoms with Crippen LogP contribution in [0.5, 0.6) is 0 Å². The second kappa shape index (κ2) is 5.16. The number of hydrogen-bond donors (Lipinski definition) is 1. The standard InChI is InChI=1S/C13H27N/c1-5-11(6-2)14-12-7-9-13(3,4)10-8-12/h11-12,14H,5-10H2,1-4H3. The molecule has 0 spiro atoms. The molecule has 1 fully saturated rings. The fourth-order valence-corrected chi connectivity index (χ4v) is 2.42. The van der Waals surface area contributed by atoms with Gasteiger partial charge in [0.15, 0.2) is 0 Å². The second-order valence-corrected chi connectivity index (χ2v) is 5.62. The Bertz CT molecular complexity index is 149. The Morgan fingerprint density at radius 2 is 1.64 bits per heavy atom. The van der Waals surface area contributed by atoms with E-state index < -0.39 is 0 Å². The Balaban J connectivity index is 2.28. The zero-order chi connectivity index (χ0) is 10.6. The lowest BCUT2D eigenvalue weighted by Gasteiger charge is -2.36. The molecule has 1 nitrogen and oxygen atoms in total. The Morgan fingerprint density at radius 1 is 1.14 bits per heavy atom. The molecule has 1 rings (SSSR count). The first-order chi connectivity index (χ1) is 6.57. The molecule has 84 valence electrons. The van der Waals surface area contributed by atoms with E-state index in [2.05, 4.69) is 33.0 Å². The average Bonchev–Trinajstić information content (AvgIpc) is 2.16. The SMILES string of the molecule is CCC(CC)NC1CCC(C)(C)CC1. The molecule has 0 unspecified atom stereocenters. The predicted octanol–water partition coefficient (Wildman–Crippen LogP) is 3.73. The van der Waals surface area contributed by atoms with E-state index in [0.717, 1.165) is 12.1 Å². The fourth-order valence-electron chi connectivity index (χ4n) is 2.42. The molecule has 14 heavy (non-hydrogen) atoms. The molecule has 1 N–H and O–H groups in total. The van der Waals surface area contributed by atoms with Crippen LogP contribution in [0, 0.1) is 5.41 Å². The van der Waals surface area contributed by atoms with Gasteiger partial charge in [-0.2, -0.15) is 0 Å². The highest BCUT2D eigenvalue weighted by atomic mass is 14.9. The molecule has 0 bridgehead atoms. The molecule has 0 heterocycles. The largest absolute Gasteiger partial charge is 0.311 e. The van der Waals surface area contributed by atoms with Crippen molar-refractivity contribution in [2.75, 3.05) is 0 Å². The molecule has 0 aromatic rings. The molecular weight excluding hydrogens is 170 g/mol. The Kier molecular flexibility index (Phi) is 4.43. The van der Waals surface area contributed by atoms with Gasteiger partial charge in [-0.1, -0.05) is 27.7 Å². The van der Waals surface area contributed by atoms with Gasteiger partial charge in [-0.05, 0) is 43.9 Å². The molecule has 1 heteroatoms. The summed E-state index contributed by atoms with van der Waals surface area (Å²) in [5.74, 6) is 0. The van der Waals surface area contributed by atoms with Crippen molar-refractivity contribution < 1.29 is 0 Å². The van der Waals surface area contributed by atoms with Gasteiger partial charge in [0, 0.05) is 12.1 Å². The lowest BCUT2D eigenvalue weighted by molar-refractivity contribution is 0.196.